The van der Waals surface area contributed by atoms with E-state index in [-0.39, 0.29) is 54.4 Å². The highest BCUT2D eigenvalue weighted by molar-refractivity contribution is 7.92. The van der Waals surface area contributed by atoms with Crippen LogP contribution in [0.3, 0.4) is 0 Å². The standard InChI is InChI=1S/C30H40N2O7S/c1-38-24-13-11-21(12-14-24)17-28(40(36,37)20-22-7-3-2-4-8-22)26(32-29(34)23-15-16-39-19-23)18-31-30(35)25-9-5-6-10-27(25)33/h5-6,9-14,22-23,26,28,33H,2-4,7-8,15-20H2,1H3,(H,31,35)(H,32,34). The molecule has 0 radical (unpaired) electrons. The summed E-state index contributed by atoms with van der Waals surface area (Å²) in [6.45, 7) is 0.639. The van der Waals surface area contributed by atoms with Crippen LogP contribution in [-0.2, 0) is 25.8 Å². The number of phenols is 1. The number of aromatic hydroxyl groups is 1. The number of carbonyl (C=O) groups is 2. The van der Waals surface area contributed by atoms with Crippen LogP contribution in [0.1, 0.15) is 54.4 Å². The van der Waals surface area contributed by atoms with Crippen LogP contribution in [0.15, 0.2) is 48.5 Å². The third-order valence-corrected chi connectivity index (χ3v) is 10.3. The van der Waals surface area contributed by atoms with Gasteiger partial charge in [-0.05, 0) is 61.4 Å². The Balaban J connectivity index is 1.63. The van der Waals surface area contributed by atoms with E-state index >= 15 is 0 Å². The predicted octanol–water partition coefficient (Wildman–Crippen LogP) is 3.26. The molecule has 1 aliphatic heterocycles. The van der Waals surface area contributed by atoms with E-state index in [0.29, 0.717) is 18.8 Å². The Labute approximate surface area is 236 Å². The van der Waals surface area contributed by atoms with Crippen LogP contribution in [0, 0.1) is 11.8 Å². The molecule has 218 valence electrons. The van der Waals surface area contributed by atoms with Crippen LogP contribution in [0.4, 0.5) is 0 Å². The minimum Gasteiger partial charge on any atom is -0.507 e. The van der Waals surface area contributed by atoms with Gasteiger partial charge in [0, 0.05) is 13.2 Å². The summed E-state index contributed by atoms with van der Waals surface area (Å²) >= 11 is 0. The number of para-hydroxylation sites is 1. The molecule has 2 aromatic rings. The Bertz CT molecular complexity index is 1240. The summed E-state index contributed by atoms with van der Waals surface area (Å²) in [6, 6.07) is 12.5. The number of ether oxygens (including phenoxy) is 2. The Kier molecular flexibility index (Phi) is 10.4. The van der Waals surface area contributed by atoms with E-state index in [4.69, 9.17) is 9.47 Å². The highest BCUT2D eigenvalue weighted by atomic mass is 32.2. The molecular weight excluding hydrogens is 532 g/mol. The average molecular weight is 573 g/mol. The number of methoxy groups -OCH3 is 1. The number of rotatable bonds is 12. The van der Waals surface area contributed by atoms with E-state index in [2.05, 4.69) is 10.6 Å². The van der Waals surface area contributed by atoms with Crippen LogP contribution in [-0.4, -0.2) is 69.3 Å². The van der Waals surface area contributed by atoms with E-state index in [1.165, 1.54) is 12.1 Å². The fraction of sp³-hybridized carbons (Fsp3) is 0.533. The Morgan fingerprint density at radius 2 is 1.77 bits per heavy atom. The molecule has 9 nitrogen and oxygen atoms in total. The second kappa shape index (κ2) is 14.0. The molecule has 0 aromatic heterocycles. The molecule has 10 heteroatoms. The van der Waals surface area contributed by atoms with Gasteiger partial charge in [0.1, 0.15) is 11.5 Å². The lowest BCUT2D eigenvalue weighted by Gasteiger charge is -2.31. The zero-order valence-corrected chi connectivity index (χ0v) is 23.8. The van der Waals surface area contributed by atoms with Crippen LogP contribution in [0.2, 0.25) is 0 Å². The van der Waals surface area contributed by atoms with Crippen molar-refractivity contribution >= 4 is 21.7 Å². The number of phenolic OH excluding ortho intramolecular Hbond substituents is 1. The smallest absolute Gasteiger partial charge is 0.255 e. The maximum Gasteiger partial charge on any atom is 0.255 e. The van der Waals surface area contributed by atoms with E-state index in [1.54, 1.807) is 31.4 Å². The number of hydrogen-bond acceptors (Lipinski definition) is 7. The largest absolute Gasteiger partial charge is 0.507 e. The first-order valence-corrected chi connectivity index (χ1v) is 15.8. The molecule has 3 atom stereocenters. The van der Waals surface area contributed by atoms with Gasteiger partial charge >= 0.3 is 0 Å². The molecule has 2 amide bonds. The summed E-state index contributed by atoms with van der Waals surface area (Å²) in [6.07, 6.45) is 5.61. The van der Waals surface area contributed by atoms with E-state index in [9.17, 15) is 23.1 Å². The zero-order valence-electron chi connectivity index (χ0n) is 23.0. The van der Waals surface area contributed by atoms with Crippen molar-refractivity contribution in [1.82, 2.24) is 10.6 Å². The van der Waals surface area contributed by atoms with Gasteiger partial charge in [0.15, 0.2) is 9.84 Å². The van der Waals surface area contributed by atoms with E-state index in [0.717, 1.165) is 37.7 Å². The monoisotopic (exact) mass is 572 g/mol. The normalized spacial score (nSPS) is 19.5. The molecule has 4 rings (SSSR count). The SMILES string of the molecule is COc1ccc(CC(C(CNC(=O)c2ccccc2O)NC(=O)C2CCOC2)S(=O)(=O)CC2CCCCC2)cc1. The van der Waals surface area contributed by atoms with Crippen LogP contribution >= 0.6 is 0 Å². The molecular formula is C30H40N2O7S. The summed E-state index contributed by atoms with van der Waals surface area (Å²) < 4.78 is 38.8. The maximum absolute atomic E-state index is 14.1. The van der Waals surface area contributed by atoms with Crippen molar-refractivity contribution < 1.29 is 32.6 Å². The summed E-state index contributed by atoms with van der Waals surface area (Å²) in [4.78, 5) is 26.2. The van der Waals surface area contributed by atoms with Crippen molar-refractivity contribution in [2.75, 3.05) is 32.6 Å². The summed E-state index contributed by atoms with van der Waals surface area (Å²) in [7, 11) is -2.14. The molecule has 40 heavy (non-hydrogen) atoms. The lowest BCUT2D eigenvalue weighted by atomic mass is 9.91. The van der Waals surface area contributed by atoms with Gasteiger partial charge in [0.25, 0.3) is 5.91 Å². The topological polar surface area (TPSA) is 131 Å². The van der Waals surface area contributed by atoms with E-state index in [1.807, 2.05) is 12.1 Å². The molecule has 2 aliphatic rings. The second-order valence-corrected chi connectivity index (χ2v) is 13.1. The number of nitrogens with one attached hydrogen (secondary N) is 2. The molecule has 1 saturated heterocycles. The number of hydrogen-bond donors (Lipinski definition) is 3. The van der Waals surface area contributed by atoms with Crippen LogP contribution < -0.4 is 15.4 Å². The summed E-state index contributed by atoms with van der Waals surface area (Å²) in [5.74, 6) is -0.608. The van der Waals surface area contributed by atoms with Gasteiger partial charge in [-0.25, -0.2) is 8.42 Å². The third-order valence-electron chi connectivity index (χ3n) is 7.96. The Morgan fingerprint density at radius 3 is 2.42 bits per heavy atom. The quantitative estimate of drug-likeness (QED) is 0.356. The van der Waals surface area contributed by atoms with Crippen molar-refractivity contribution in [3.8, 4) is 11.5 Å². The fourth-order valence-corrected chi connectivity index (χ4v) is 7.95. The van der Waals surface area contributed by atoms with Crippen molar-refractivity contribution in [1.29, 1.82) is 0 Å². The summed E-state index contributed by atoms with van der Waals surface area (Å²) in [5, 5.41) is 14.9. The molecule has 0 spiro atoms. The van der Waals surface area contributed by atoms with Gasteiger partial charge in [0.05, 0.1) is 42.2 Å². The molecule has 2 fully saturated rings. The molecule has 3 unspecified atom stereocenters. The highest BCUT2D eigenvalue weighted by Crippen LogP contribution is 2.28. The van der Waals surface area contributed by atoms with Crippen molar-refractivity contribution in [3.05, 3.63) is 59.7 Å². The Hall–Kier alpha value is -3.11. The average Bonchev–Trinajstić information content (AvgIpc) is 3.50. The van der Waals surface area contributed by atoms with Crippen LogP contribution in [0.5, 0.6) is 11.5 Å². The first-order valence-electron chi connectivity index (χ1n) is 14.1. The lowest BCUT2D eigenvalue weighted by Crippen LogP contribution is -2.55. The highest BCUT2D eigenvalue weighted by Gasteiger charge is 2.38. The molecule has 3 N–H and O–H groups in total. The lowest BCUT2D eigenvalue weighted by molar-refractivity contribution is -0.125. The molecule has 1 aliphatic carbocycles. The third kappa shape index (κ3) is 7.97. The summed E-state index contributed by atoms with van der Waals surface area (Å²) in [5.41, 5.74) is 0.863. The minimum absolute atomic E-state index is 0.0418. The van der Waals surface area contributed by atoms with Crippen molar-refractivity contribution in [2.24, 2.45) is 11.8 Å². The maximum atomic E-state index is 14.1. The number of carbonyl (C=O) groups excluding carboxylic acids is 2. The van der Waals surface area contributed by atoms with Gasteiger partial charge < -0.3 is 25.2 Å². The van der Waals surface area contributed by atoms with Gasteiger partial charge in [-0.2, -0.15) is 0 Å². The molecule has 2 aromatic carbocycles. The van der Waals surface area contributed by atoms with Gasteiger partial charge in [-0.1, -0.05) is 43.5 Å². The molecule has 1 saturated carbocycles. The van der Waals surface area contributed by atoms with E-state index < -0.39 is 27.0 Å². The van der Waals surface area contributed by atoms with Crippen molar-refractivity contribution in [2.45, 2.75) is 56.2 Å². The van der Waals surface area contributed by atoms with Gasteiger partial charge in [-0.15, -0.1) is 0 Å². The van der Waals surface area contributed by atoms with Crippen LogP contribution in [0.25, 0.3) is 0 Å². The number of amides is 2. The minimum atomic E-state index is -3.70. The fourth-order valence-electron chi connectivity index (χ4n) is 5.60. The zero-order chi connectivity index (χ0) is 28.5. The van der Waals surface area contributed by atoms with Crippen molar-refractivity contribution in [3.63, 3.8) is 0 Å². The first kappa shape index (κ1) is 29.9. The van der Waals surface area contributed by atoms with Gasteiger partial charge in [0.2, 0.25) is 5.91 Å². The first-order chi connectivity index (χ1) is 19.3. The molecule has 0 bridgehead atoms. The molecule has 1 heterocycles. The second-order valence-electron chi connectivity index (χ2n) is 10.8. The number of sulfone groups is 1. The van der Waals surface area contributed by atoms with Gasteiger partial charge in [-0.3, -0.25) is 9.59 Å². The predicted molar refractivity (Wildman–Crippen MR) is 152 cm³/mol. The number of benzene rings is 2. The Morgan fingerprint density at radius 1 is 1.05 bits per heavy atom.